The second-order valence-corrected chi connectivity index (χ2v) is 7.04. The van der Waals surface area contributed by atoms with E-state index in [4.69, 9.17) is 9.84 Å². The number of rotatable bonds is 7. The van der Waals surface area contributed by atoms with Gasteiger partial charge in [0.1, 0.15) is 11.9 Å². The molecule has 0 bridgehead atoms. The summed E-state index contributed by atoms with van der Waals surface area (Å²) >= 11 is 0. The minimum atomic E-state index is -0.909. The number of aromatic nitrogens is 2. The number of piperidine rings is 1. The second-order valence-electron chi connectivity index (χ2n) is 7.04. The summed E-state index contributed by atoms with van der Waals surface area (Å²) in [5, 5.41) is 19.4. The first-order valence-electron chi connectivity index (χ1n) is 9.58. The summed E-state index contributed by atoms with van der Waals surface area (Å²) in [5.41, 5.74) is 0. The highest BCUT2D eigenvalue weighted by Gasteiger charge is 2.29. The first kappa shape index (κ1) is 19.3. The second kappa shape index (κ2) is 9.45. The molecule has 2 fully saturated rings. The van der Waals surface area contributed by atoms with Crippen LogP contribution in [0.4, 0.5) is 0 Å². The minimum Gasteiger partial charge on any atom is -0.396 e. The first-order valence-corrected chi connectivity index (χ1v) is 9.58. The maximum atomic E-state index is 12.6. The molecule has 2 aliphatic rings. The molecule has 0 aromatic carbocycles. The monoisotopic (exact) mass is 366 g/mol. The largest absolute Gasteiger partial charge is 0.396 e. The number of likely N-dealkylation sites (tertiary alicyclic amines) is 1. The van der Waals surface area contributed by atoms with E-state index in [1.807, 2.05) is 4.90 Å². The lowest BCUT2D eigenvalue weighted by atomic mass is 10.0. The van der Waals surface area contributed by atoms with Crippen LogP contribution in [-0.4, -0.2) is 87.5 Å². The quantitative estimate of drug-likeness (QED) is 0.707. The Hall–Kier alpha value is -1.48. The molecule has 2 saturated heterocycles. The van der Waals surface area contributed by atoms with Gasteiger partial charge in [-0.3, -0.25) is 9.69 Å². The summed E-state index contributed by atoms with van der Waals surface area (Å²) in [5.74, 6) is 0.477. The standard InChI is InChI=1S/C18H30N4O4/c23-11-1-5-22-8-4-19-18(22)16(24)14-17(25)21-6-2-15(3-7-21)20-9-12-26-13-10-20/h4,8,15-16,23-24H,1-3,5-7,9-14H2. The van der Waals surface area contributed by atoms with Gasteiger partial charge in [0.05, 0.1) is 19.6 Å². The van der Waals surface area contributed by atoms with Gasteiger partial charge in [-0.1, -0.05) is 0 Å². The van der Waals surface area contributed by atoms with Crippen LogP contribution in [-0.2, 0) is 16.1 Å². The Morgan fingerprint density at radius 1 is 1.27 bits per heavy atom. The normalized spacial score (nSPS) is 21.1. The number of aryl methyl sites for hydroxylation is 1. The lowest BCUT2D eigenvalue weighted by Crippen LogP contribution is -2.50. The molecule has 1 unspecified atom stereocenters. The van der Waals surface area contributed by atoms with Crippen LogP contribution in [0, 0.1) is 0 Å². The molecule has 0 saturated carbocycles. The fourth-order valence-electron chi connectivity index (χ4n) is 3.86. The molecule has 1 aromatic rings. The van der Waals surface area contributed by atoms with Gasteiger partial charge in [0, 0.05) is 57.8 Å². The zero-order valence-electron chi connectivity index (χ0n) is 15.3. The predicted molar refractivity (Wildman–Crippen MR) is 95.5 cm³/mol. The zero-order valence-corrected chi connectivity index (χ0v) is 15.3. The molecule has 0 aliphatic carbocycles. The molecule has 0 radical (unpaired) electrons. The molecule has 1 aromatic heterocycles. The van der Waals surface area contributed by atoms with Crippen LogP contribution in [0.5, 0.6) is 0 Å². The van der Waals surface area contributed by atoms with Crippen molar-refractivity contribution in [2.45, 2.75) is 44.4 Å². The molecule has 2 aliphatic heterocycles. The molecule has 146 valence electrons. The minimum absolute atomic E-state index is 0.0189. The topological polar surface area (TPSA) is 91.1 Å². The number of carbonyl (C=O) groups excluding carboxylic acids is 1. The Bertz CT molecular complexity index is 565. The summed E-state index contributed by atoms with van der Waals surface area (Å²) in [6.07, 6.45) is 5.09. The van der Waals surface area contributed by atoms with Gasteiger partial charge in [-0.05, 0) is 19.3 Å². The van der Waals surface area contributed by atoms with Crippen molar-refractivity contribution in [1.29, 1.82) is 0 Å². The number of morpholine rings is 1. The fraction of sp³-hybridized carbons (Fsp3) is 0.778. The van der Waals surface area contributed by atoms with Gasteiger partial charge in [0.25, 0.3) is 0 Å². The Labute approximate surface area is 154 Å². The third-order valence-corrected chi connectivity index (χ3v) is 5.35. The molecule has 3 heterocycles. The van der Waals surface area contributed by atoms with Crippen LogP contribution in [0.15, 0.2) is 12.4 Å². The van der Waals surface area contributed by atoms with Crippen molar-refractivity contribution in [1.82, 2.24) is 19.4 Å². The van der Waals surface area contributed by atoms with Gasteiger partial charge in [-0.15, -0.1) is 0 Å². The Morgan fingerprint density at radius 3 is 2.69 bits per heavy atom. The molecule has 3 rings (SSSR count). The molecule has 1 amide bonds. The molecule has 0 spiro atoms. The molecule has 2 N–H and O–H groups in total. The van der Waals surface area contributed by atoms with E-state index >= 15 is 0 Å². The van der Waals surface area contributed by atoms with Crippen LogP contribution in [0.1, 0.15) is 37.6 Å². The molecule has 8 heteroatoms. The molecule has 26 heavy (non-hydrogen) atoms. The van der Waals surface area contributed by atoms with Crippen molar-refractivity contribution in [3.8, 4) is 0 Å². The average Bonchev–Trinajstić information content (AvgIpc) is 3.16. The summed E-state index contributed by atoms with van der Waals surface area (Å²) in [6, 6.07) is 0.533. The number of hydrogen-bond acceptors (Lipinski definition) is 6. The van der Waals surface area contributed by atoms with Gasteiger partial charge in [-0.25, -0.2) is 4.98 Å². The van der Waals surface area contributed by atoms with Gasteiger partial charge in [0.15, 0.2) is 0 Å². The fourth-order valence-corrected chi connectivity index (χ4v) is 3.86. The lowest BCUT2D eigenvalue weighted by molar-refractivity contribution is -0.135. The number of hydrogen-bond donors (Lipinski definition) is 2. The van der Waals surface area contributed by atoms with Crippen LogP contribution < -0.4 is 0 Å². The van der Waals surface area contributed by atoms with Crippen molar-refractivity contribution in [3.63, 3.8) is 0 Å². The summed E-state index contributed by atoms with van der Waals surface area (Å²) < 4.78 is 7.21. The van der Waals surface area contributed by atoms with E-state index in [1.54, 1.807) is 17.0 Å². The third kappa shape index (κ3) is 4.82. The SMILES string of the molecule is O=C(CC(O)c1nccn1CCCO)N1CCC(N2CCOCC2)CC1. The predicted octanol–water partition coefficient (Wildman–Crippen LogP) is 0.0122. The number of imidazole rings is 1. The van der Waals surface area contributed by atoms with Crippen LogP contribution in [0.2, 0.25) is 0 Å². The van der Waals surface area contributed by atoms with Crippen molar-refractivity contribution >= 4 is 5.91 Å². The van der Waals surface area contributed by atoms with Crippen molar-refractivity contribution in [2.24, 2.45) is 0 Å². The molecular formula is C18H30N4O4. The Kier molecular flexibility index (Phi) is 7.01. The maximum Gasteiger partial charge on any atom is 0.225 e. The number of aliphatic hydroxyl groups excluding tert-OH is 2. The molecule has 1 atom stereocenters. The number of carbonyl (C=O) groups is 1. The third-order valence-electron chi connectivity index (χ3n) is 5.35. The summed E-state index contributed by atoms with van der Waals surface area (Å²) in [4.78, 5) is 21.1. The highest BCUT2D eigenvalue weighted by Crippen LogP contribution is 2.21. The number of nitrogens with zero attached hydrogens (tertiary/aromatic N) is 4. The number of amides is 1. The van der Waals surface area contributed by atoms with Crippen LogP contribution >= 0.6 is 0 Å². The summed E-state index contributed by atoms with van der Waals surface area (Å²) in [6.45, 7) is 5.72. The van der Waals surface area contributed by atoms with Gasteiger partial charge in [-0.2, -0.15) is 0 Å². The Morgan fingerprint density at radius 2 is 2.00 bits per heavy atom. The van der Waals surface area contributed by atoms with Crippen LogP contribution in [0.25, 0.3) is 0 Å². The Balaban J connectivity index is 1.47. The first-order chi connectivity index (χ1) is 12.7. The van der Waals surface area contributed by atoms with E-state index in [-0.39, 0.29) is 18.9 Å². The van der Waals surface area contributed by atoms with Gasteiger partial charge in [0.2, 0.25) is 5.91 Å². The number of ether oxygens (including phenoxy) is 1. The molecule has 8 nitrogen and oxygen atoms in total. The van der Waals surface area contributed by atoms with Crippen molar-refractivity contribution in [3.05, 3.63) is 18.2 Å². The average molecular weight is 366 g/mol. The molecular weight excluding hydrogens is 336 g/mol. The van der Waals surface area contributed by atoms with E-state index in [2.05, 4.69) is 9.88 Å². The van der Waals surface area contributed by atoms with E-state index in [0.717, 1.165) is 52.2 Å². The van der Waals surface area contributed by atoms with Crippen LogP contribution in [0.3, 0.4) is 0 Å². The highest BCUT2D eigenvalue weighted by molar-refractivity contribution is 5.76. The van der Waals surface area contributed by atoms with E-state index in [1.165, 1.54) is 0 Å². The van der Waals surface area contributed by atoms with Crippen molar-refractivity contribution in [2.75, 3.05) is 46.0 Å². The van der Waals surface area contributed by atoms with Gasteiger partial charge < -0.3 is 24.4 Å². The summed E-state index contributed by atoms with van der Waals surface area (Å²) in [7, 11) is 0. The zero-order chi connectivity index (χ0) is 18.4. The van der Waals surface area contributed by atoms with E-state index < -0.39 is 6.10 Å². The van der Waals surface area contributed by atoms with Crippen molar-refractivity contribution < 1.29 is 19.7 Å². The van der Waals surface area contributed by atoms with E-state index in [9.17, 15) is 9.90 Å². The maximum absolute atomic E-state index is 12.6. The van der Waals surface area contributed by atoms with Gasteiger partial charge >= 0.3 is 0 Å². The highest BCUT2D eigenvalue weighted by atomic mass is 16.5. The van der Waals surface area contributed by atoms with E-state index in [0.29, 0.717) is 24.8 Å². The smallest absolute Gasteiger partial charge is 0.225 e. The number of aliphatic hydroxyl groups is 2. The lowest BCUT2D eigenvalue weighted by Gasteiger charge is -2.40.